The van der Waals surface area contributed by atoms with Crippen molar-refractivity contribution in [3.63, 3.8) is 0 Å². The maximum atomic E-state index is 13.4. The minimum atomic E-state index is -0.400. The summed E-state index contributed by atoms with van der Waals surface area (Å²) in [6, 6.07) is 14.9. The Morgan fingerprint density at radius 1 is 0.848 bits per heavy atom. The first-order valence-electron chi connectivity index (χ1n) is 11.8. The average molecular weight is 447 g/mol. The van der Waals surface area contributed by atoms with Gasteiger partial charge in [-0.1, -0.05) is 36.8 Å². The largest absolute Gasteiger partial charge is 0.340 e. The minimum Gasteiger partial charge on any atom is -0.340 e. The molecule has 3 aliphatic heterocycles. The summed E-state index contributed by atoms with van der Waals surface area (Å²) in [5.41, 5.74) is 2.80. The van der Waals surface area contributed by atoms with E-state index in [1.165, 1.54) is 0 Å². The number of hydrogen-bond donors (Lipinski definition) is 0. The lowest BCUT2D eigenvalue weighted by atomic mass is 10.0. The zero-order chi connectivity index (χ0) is 22.9. The predicted octanol–water partition coefficient (Wildman–Crippen LogP) is 3.14. The number of nitrogens with zero attached hydrogens (tertiary/aromatic N) is 4. The first-order valence-corrected chi connectivity index (χ1v) is 11.8. The number of rotatable bonds is 6. The third-order valence-electron chi connectivity index (χ3n) is 7.03. The van der Waals surface area contributed by atoms with Crippen molar-refractivity contribution in [3.8, 4) is 0 Å². The molecule has 0 radical (unpaired) electrons. The highest BCUT2D eigenvalue weighted by Crippen LogP contribution is 2.45. The fourth-order valence-electron chi connectivity index (χ4n) is 5.15. The van der Waals surface area contributed by atoms with Crippen LogP contribution in [0.1, 0.15) is 58.1 Å². The van der Waals surface area contributed by atoms with Crippen LogP contribution in [0.25, 0.3) is 0 Å². The molecule has 0 saturated carbocycles. The molecular weight excluding hydrogens is 416 g/mol. The van der Waals surface area contributed by atoms with Gasteiger partial charge in [0, 0.05) is 50.3 Å². The number of hydrogen-bond acceptors (Lipinski definition) is 4. The molecule has 5 rings (SSSR count). The molecule has 0 aromatic heterocycles. The lowest BCUT2D eigenvalue weighted by Crippen LogP contribution is -2.48. The van der Waals surface area contributed by atoms with E-state index in [-0.39, 0.29) is 17.7 Å². The summed E-state index contributed by atoms with van der Waals surface area (Å²) in [7, 11) is 2.08. The fraction of sp³-hybridized carbons (Fsp3) is 0.423. The Kier molecular flexibility index (Phi) is 5.89. The van der Waals surface area contributed by atoms with E-state index >= 15 is 0 Å². The molecule has 172 valence electrons. The molecule has 3 amide bonds. The van der Waals surface area contributed by atoms with Crippen LogP contribution in [0.2, 0.25) is 0 Å². The predicted molar refractivity (Wildman–Crippen MR) is 126 cm³/mol. The molecule has 1 saturated heterocycles. The van der Waals surface area contributed by atoms with Crippen LogP contribution in [0.3, 0.4) is 0 Å². The summed E-state index contributed by atoms with van der Waals surface area (Å²) >= 11 is 0. The number of piperazine rings is 1. The number of fused-ring (bicyclic) bond motifs is 5. The van der Waals surface area contributed by atoms with Crippen LogP contribution in [0, 0.1) is 0 Å². The van der Waals surface area contributed by atoms with E-state index in [4.69, 9.17) is 0 Å². The van der Waals surface area contributed by atoms with E-state index in [9.17, 15) is 14.4 Å². The molecule has 3 heterocycles. The molecule has 1 unspecified atom stereocenters. The van der Waals surface area contributed by atoms with E-state index in [1.54, 1.807) is 11.0 Å². The van der Waals surface area contributed by atoms with Crippen LogP contribution in [0.5, 0.6) is 0 Å². The SMILES string of the molecule is CN1CCN(C(=O)CCCCCN2C(=O)c3ccccc3N3C(=O)c4ccccc4C23)CC1. The normalized spacial score (nSPS) is 20.0. The van der Waals surface area contributed by atoms with E-state index in [2.05, 4.69) is 11.9 Å². The minimum absolute atomic E-state index is 0.0372. The van der Waals surface area contributed by atoms with Crippen molar-refractivity contribution < 1.29 is 14.4 Å². The van der Waals surface area contributed by atoms with Crippen molar-refractivity contribution in [2.24, 2.45) is 0 Å². The van der Waals surface area contributed by atoms with Crippen LogP contribution in [-0.4, -0.2) is 72.2 Å². The average Bonchev–Trinajstić information content (AvgIpc) is 3.14. The molecule has 33 heavy (non-hydrogen) atoms. The third kappa shape index (κ3) is 3.91. The van der Waals surface area contributed by atoms with Crippen molar-refractivity contribution in [1.82, 2.24) is 14.7 Å². The number of carbonyl (C=O) groups is 3. The quantitative estimate of drug-likeness (QED) is 0.640. The van der Waals surface area contributed by atoms with Gasteiger partial charge in [-0.15, -0.1) is 0 Å². The molecule has 0 aliphatic carbocycles. The van der Waals surface area contributed by atoms with E-state index < -0.39 is 6.17 Å². The lowest BCUT2D eigenvalue weighted by Gasteiger charge is -2.41. The summed E-state index contributed by atoms with van der Waals surface area (Å²) in [5.74, 6) is 0.135. The molecule has 7 heteroatoms. The summed E-state index contributed by atoms with van der Waals surface area (Å²) < 4.78 is 0. The molecule has 1 atom stereocenters. The zero-order valence-electron chi connectivity index (χ0n) is 19.1. The first kappa shape index (κ1) is 21.6. The van der Waals surface area contributed by atoms with Crippen molar-refractivity contribution in [2.45, 2.75) is 31.8 Å². The van der Waals surface area contributed by atoms with Gasteiger partial charge in [-0.25, -0.2) is 0 Å². The maximum absolute atomic E-state index is 13.4. The zero-order valence-corrected chi connectivity index (χ0v) is 19.1. The summed E-state index contributed by atoms with van der Waals surface area (Å²) in [6.07, 6.45) is 2.63. The van der Waals surface area contributed by atoms with E-state index in [0.717, 1.165) is 51.0 Å². The van der Waals surface area contributed by atoms with Gasteiger partial charge < -0.3 is 14.7 Å². The Hall–Kier alpha value is -3.19. The Morgan fingerprint density at radius 2 is 1.55 bits per heavy atom. The van der Waals surface area contributed by atoms with Gasteiger partial charge in [0.1, 0.15) is 6.17 Å². The number of para-hydroxylation sites is 1. The van der Waals surface area contributed by atoms with Crippen molar-refractivity contribution >= 4 is 23.4 Å². The number of amides is 3. The van der Waals surface area contributed by atoms with Gasteiger partial charge in [0.05, 0.1) is 11.3 Å². The second kappa shape index (κ2) is 8.98. The van der Waals surface area contributed by atoms with E-state index in [0.29, 0.717) is 29.8 Å². The number of likely N-dealkylation sites (N-methyl/N-ethyl adjacent to an activating group) is 1. The molecule has 7 nitrogen and oxygen atoms in total. The summed E-state index contributed by atoms with van der Waals surface area (Å²) in [4.78, 5) is 46.9. The Morgan fingerprint density at radius 3 is 2.33 bits per heavy atom. The first-order chi connectivity index (χ1) is 16.1. The van der Waals surface area contributed by atoms with Crippen LogP contribution in [0.4, 0.5) is 5.69 Å². The topological polar surface area (TPSA) is 64.2 Å². The van der Waals surface area contributed by atoms with Crippen molar-refractivity contribution in [1.29, 1.82) is 0 Å². The van der Waals surface area contributed by atoms with Crippen molar-refractivity contribution in [3.05, 3.63) is 65.2 Å². The van der Waals surface area contributed by atoms with Crippen LogP contribution in [-0.2, 0) is 4.79 Å². The highest BCUT2D eigenvalue weighted by Gasteiger charge is 2.47. The standard InChI is InChI=1S/C26H30N4O3/c1-27-15-17-28(18-16-27)23(31)13-3-2-8-14-29-24-19-9-4-5-10-20(19)26(33)30(24)22-12-7-6-11-21(22)25(29)32/h4-7,9-12,24H,2-3,8,13-18H2,1H3. The summed E-state index contributed by atoms with van der Waals surface area (Å²) in [6.45, 7) is 4.04. The number of carbonyl (C=O) groups excluding carboxylic acids is 3. The molecule has 0 bridgehead atoms. The second-order valence-corrected chi connectivity index (χ2v) is 9.15. The molecule has 0 N–H and O–H groups in total. The molecule has 2 aromatic rings. The number of benzene rings is 2. The monoisotopic (exact) mass is 446 g/mol. The van der Waals surface area contributed by atoms with Gasteiger partial charge in [0.2, 0.25) is 5.91 Å². The van der Waals surface area contributed by atoms with E-state index in [1.807, 2.05) is 52.3 Å². The van der Waals surface area contributed by atoms with Gasteiger partial charge in [-0.05, 0) is 38.1 Å². The van der Waals surface area contributed by atoms with Crippen LogP contribution in [0.15, 0.2) is 48.5 Å². The van der Waals surface area contributed by atoms with Gasteiger partial charge in [-0.2, -0.15) is 0 Å². The smallest absolute Gasteiger partial charge is 0.260 e. The van der Waals surface area contributed by atoms with Gasteiger partial charge in [0.15, 0.2) is 0 Å². The van der Waals surface area contributed by atoms with Gasteiger partial charge in [-0.3, -0.25) is 19.3 Å². The third-order valence-corrected chi connectivity index (χ3v) is 7.03. The number of anilines is 1. The Labute approximate surface area is 194 Å². The Balaban J connectivity index is 1.25. The highest BCUT2D eigenvalue weighted by molar-refractivity contribution is 6.16. The number of unbranched alkanes of at least 4 members (excludes halogenated alkanes) is 2. The highest BCUT2D eigenvalue weighted by atomic mass is 16.2. The molecular formula is C26H30N4O3. The van der Waals surface area contributed by atoms with Gasteiger partial charge in [0.25, 0.3) is 11.8 Å². The summed E-state index contributed by atoms with van der Waals surface area (Å²) in [5, 5.41) is 0. The maximum Gasteiger partial charge on any atom is 0.260 e. The molecule has 3 aliphatic rings. The van der Waals surface area contributed by atoms with Gasteiger partial charge >= 0.3 is 0 Å². The van der Waals surface area contributed by atoms with Crippen molar-refractivity contribution in [2.75, 3.05) is 44.7 Å². The van der Waals surface area contributed by atoms with Crippen LogP contribution < -0.4 is 4.90 Å². The lowest BCUT2D eigenvalue weighted by molar-refractivity contribution is -0.132. The molecule has 1 fully saturated rings. The second-order valence-electron chi connectivity index (χ2n) is 9.15. The fourth-order valence-corrected chi connectivity index (χ4v) is 5.15. The molecule has 0 spiro atoms. The molecule has 2 aromatic carbocycles. The Bertz CT molecular complexity index is 1080. The van der Waals surface area contributed by atoms with Crippen LogP contribution >= 0.6 is 0 Å².